The number of likely N-dealkylation sites (tertiary alicyclic amines) is 1. The lowest BCUT2D eigenvalue weighted by molar-refractivity contribution is -0.142. The summed E-state index contributed by atoms with van der Waals surface area (Å²) >= 11 is 0. The number of carbonyl (C=O) groups is 2. The number of sulfone groups is 1. The minimum atomic E-state index is -3.39. The summed E-state index contributed by atoms with van der Waals surface area (Å²) < 4.78 is 23.2. The highest BCUT2D eigenvalue weighted by molar-refractivity contribution is 7.90. The maximum atomic E-state index is 12.6. The molecule has 0 unspecified atom stereocenters. The van der Waals surface area contributed by atoms with Crippen molar-refractivity contribution in [2.24, 2.45) is 17.8 Å². The maximum Gasteiger partial charge on any atom is 0.308 e. The SMILES string of the molecule is CS(=O)(=O)c1cccc(C(=O)N2C[C@H](C(=O)O)[C@@H](C3CC3)C2)c1. The number of nitrogens with zero attached hydrogens (tertiary/aromatic N) is 1. The first-order valence-electron chi connectivity index (χ1n) is 7.59. The van der Waals surface area contributed by atoms with Gasteiger partial charge in [-0.2, -0.15) is 0 Å². The Hall–Kier alpha value is -1.89. The average Bonchev–Trinajstić information content (AvgIpc) is 3.24. The van der Waals surface area contributed by atoms with Crippen LogP contribution in [0.25, 0.3) is 0 Å². The first-order chi connectivity index (χ1) is 10.8. The number of rotatable bonds is 4. The van der Waals surface area contributed by atoms with Crippen LogP contribution >= 0.6 is 0 Å². The van der Waals surface area contributed by atoms with Gasteiger partial charge < -0.3 is 10.0 Å². The number of carbonyl (C=O) groups excluding carboxylic acids is 1. The van der Waals surface area contributed by atoms with E-state index in [4.69, 9.17) is 0 Å². The van der Waals surface area contributed by atoms with Gasteiger partial charge in [-0.1, -0.05) is 6.07 Å². The lowest BCUT2D eigenvalue weighted by Gasteiger charge is -2.16. The predicted octanol–water partition coefficient (Wildman–Crippen LogP) is 1.27. The fourth-order valence-electron chi connectivity index (χ4n) is 3.30. The third-order valence-electron chi connectivity index (χ3n) is 4.71. The van der Waals surface area contributed by atoms with E-state index in [1.165, 1.54) is 18.2 Å². The van der Waals surface area contributed by atoms with E-state index in [2.05, 4.69) is 0 Å². The summed E-state index contributed by atoms with van der Waals surface area (Å²) in [6.07, 6.45) is 3.15. The van der Waals surface area contributed by atoms with Gasteiger partial charge in [-0.05, 0) is 42.9 Å². The molecule has 1 aromatic carbocycles. The minimum absolute atomic E-state index is 0.00883. The van der Waals surface area contributed by atoms with Crippen molar-refractivity contribution in [3.8, 4) is 0 Å². The van der Waals surface area contributed by atoms with Gasteiger partial charge in [-0.25, -0.2) is 8.42 Å². The third kappa shape index (κ3) is 3.24. The Bertz CT molecular complexity index is 753. The van der Waals surface area contributed by atoms with E-state index < -0.39 is 21.7 Å². The van der Waals surface area contributed by atoms with Crippen LogP contribution in [0.15, 0.2) is 29.2 Å². The number of amides is 1. The summed E-state index contributed by atoms with van der Waals surface area (Å²) in [5, 5.41) is 9.36. The Morgan fingerprint density at radius 2 is 1.91 bits per heavy atom. The molecule has 1 aliphatic carbocycles. The molecule has 1 amide bonds. The number of benzene rings is 1. The van der Waals surface area contributed by atoms with Gasteiger partial charge in [-0.15, -0.1) is 0 Å². The number of carboxylic acids is 1. The molecule has 1 aromatic rings. The van der Waals surface area contributed by atoms with Crippen molar-refractivity contribution in [1.82, 2.24) is 4.90 Å². The molecule has 7 heteroatoms. The molecule has 1 heterocycles. The Balaban J connectivity index is 1.82. The smallest absolute Gasteiger partial charge is 0.308 e. The molecule has 0 bridgehead atoms. The number of hydrogen-bond donors (Lipinski definition) is 1. The van der Waals surface area contributed by atoms with Crippen molar-refractivity contribution in [2.75, 3.05) is 19.3 Å². The van der Waals surface area contributed by atoms with Gasteiger partial charge in [0, 0.05) is 24.9 Å². The highest BCUT2D eigenvalue weighted by Gasteiger charge is 2.46. The van der Waals surface area contributed by atoms with E-state index in [0.717, 1.165) is 19.1 Å². The highest BCUT2D eigenvalue weighted by Crippen LogP contribution is 2.44. The minimum Gasteiger partial charge on any atom is -0.481 e. The van der Waals surface area contributed by atoms with Crippen molar-refractivity contribution in [3.63, 3.8) is 0 Å². The molecule has 2 aliphatic rings. The van der Waals surface area contributed by atoms with Crippen molar-refractivity contribution in [1.29, 1.82) is 0 Å². The van der Waals surface area contributed by atoms with Crippen molar-refractivity contribution in [2.45, 2.75) is 17.7 Å². The molecule has 6 nitrogen and oxygen atoms in total. The van der Waals surface area contributed by atoms with Crippen LogP contribution in [0.2, 0.25) is 0 Å². The summed E-state index contributed by atoms with van der Waals surface area (Å²) in [5.74, 6) is -1.28. The molecule has 2 atom stereocenters. The lowest BCUT2D eigenvalue weighted by atomic mass is 9.92. The lowest BCUT2D eigenvalue weighted by Crippen LogP contribution is -2.30. The quantitative estimate of drug-likeness (QED) is 0.893. The molecule has 2 fully saturated rings. The zero-order valence-electron chi connectivity index (χ0n) is 12.8. The summed E-state index contributed by atoms with van der Waals surface area (Å²) in [6, 6.07) is 5.91. The first-order valence-corrected chi connectivity index (χ1v) is 9.48. The molecule has 124 valence electrons. The molecule has 3 rings (SSSR count). The van der Waals surface area contributed by atoms with Gasteiger partial charge in [0.15, 0.2) is 9.84 Å². The normalized spacial score (nSPS) is 24.7. The number of hydrogen-bond acceptors (Lipinski definition) is 4. The Kier molecular flexibility index (Phi) is 3.91. The third-order valence-corrected chi connectivity index (χ3v) is 5.82. The highest BCUT2D eigenvalue weighted by atomic mass is 32.2. The van der Waals surface area contributed by atoms with E-state index in [9.17, 15) is 23.1 Å². The molecule has 0 aromatic heterocycles. The van der Waals surface area contributed by atoms with Crippen LogP contribution in [0.1, 0.15) is 23.2 Å². The molecule has 1 saturated heterocycles. The number of carboxylic acid groups (broad SMARTS) is 1. The van der Waals surface area contributed by atoms with Gasteiger partial charge in [-0.3, -0.25) is 9.59 Å². The van der Waals surface area contributed by atoms with Crippen LogP contribution in [-0.4, -0.2) is 49.6 Å². The van der Waals surface area contributed by atoms with Gasteiger partial charge >= 0.3 is 5.97 Å². The van der Waals surface area contributed by atoms with E-state index >= 15 is 0 Å². The topological polar surface area (TPSA) is 91.8 Å². The molecule has 0 spiro atoms. The van der Waals surface area contributed by atoms with Gasteiger partial charge in [0.1, 0.15) is 0 Å². The predicted molar refractivity (Wildman–Crippen MR) is 82.8 cm³/mol. The van der Waals surface area contributed by atoms with Crippen molar-refractivity contribution < 1.29 is 23.1 Å². The van der Waals surface area contributed by atoms with E-state index in [1.807, 2.05) is 0 Å². The van der Waals surface area contributed by atoms with Crippen LogP contribution < -0.4 is 0 Å². The zero-order chi connectivity index (χ0) is 16.8. The van der Waals surface area contributed by atoms with E-state index in [1.54, 1.807) is 11.0 Å². The van der Waals surface area contributed by atoms with Crippen LogP contribution in [0.5, 0.6) is 0 Å². The summed E-state index contributed by atoms with van der Waals surface area (Å²) in [4.78, 5) is 25.7. The van der Waals surface area contributed by atoms with Gasteiger partial charge in [0.05, 0.1) is 10.8 Å². The van der Waals surface area contributed by atoms with Gasteiger partial charge in [0.25, 0.3) is 5.91 Å². The monoisotopic (exact) mass is 337 g/mol. The van der Waals surface area contributed by atoms with Crippen LogP contribution in [-0.2, 0) is 14.6 Å². The fourth-order valence-corrected chi connectivity index (χ4v) is 3.97. The second-order valence-corrected chi connectivity index (χ2v) is 8.47. The van der Waals surface area contributed by atoms with Crippen molar-refractivity contribution >= 4 is 21.7 Å². The summed E-state index contributed by atoms with van der Waals surface area (Å²) in [6.45, 7) is 0.627. The van der Waals surface area contributed by atoms with Crippen molar-refractivity contribution in [3.05, 3.63) is 29.8 Å². The second-order valence-electron chi connectivity index (χ2n) is 6.46. The van der Waals surface area contributed by atoms with Crippen LogP contribution in [0, 0.1) is 17.8 Å². The second kappa shape index (κ2) is 5.63. The Morgan fingerprint density at radius 3 is 2.48 bits per heavy atom. The average molecular weight is 337 g/mol. The summed E-state index contributed by atoms with van der Waals surface area (Å²) in [5.41, 5.74) is 0.286. The first kappa shape index (κ1) is 16.0. The van der Waals surface area contributed by atoms with E-state index in [0.29, 0.717) is 12.5 Å². The fraction of sp³-hybridized carbons (Fsp3) is 0.500. The molecule has 0 radical (unpaired) electrons. The maximum absolute atomic E-state index is 12.6. The largest absolute Gasteiger partial charge is 0.481 e. The molecule has 1 N–H and O–H groups in total. The molecular formula is C16H19NO5S. The molecule has 23 heavy (non-hydrogen) atoms. The molecule has 1 aliphatic heterocycles. The van der Waals surface area contributed by atoms with Crippen LogP contribution in [0.4, 0.5) is 0 Å². The van der Waals surface area contributed by atoms with E-state index in [-0.39, 0.29) is 28.8 Å². The zero-order valence-corrected chi connectivity index (χ0v) is 13.6. The summed E-state index contributed by atoms with van der Waals surface area (Å²) in [7, 11) is -3.39. The Labute approximate surface area is 135 Å². The molecule has 1 saturated carbocycles. The number of aliphatic carboxylic acids is 1. The molecular weight excluding hydrogens is 318 g/mol. The van der Waals surface area contributed by atoms with Crippen LogP contribution in [0.3, 0.4) is 0 Å². The van der Waals surface area contributed by atoms with Gasteiger partial charge in [0.2, 0.25) is 0 Å². The Morgan fingerprint density at radius 1 is 1.22 bits per heavy atom. The standard InChI is InChI=1S/C16H19NO5S/c1-23(21,22)12-4-2-3-11(7-12)15(18)17-8-13(10-5-6-10)14(9-17)16(19)20/h2-4,7,10,13-14H,5-6,8-9H2,1H3,(H,19,20)/t13-,14+/m1/s1.